The molecule has 0 unspecified atom stereocenters. The molecule has 3 rings (SSSR count). The van der Waals surface area contributed by atoms with Crippen molar-refractivity contribution in [1.29, 1.82) is 0 Å². The number of hydrogen-bond acceptors (Lipinski definition) is 5. The first-order valence-corrected chi connectivity index (χ1v) is 7.20. The third-order valence-electron chi connectivity index (χ3n) is 3.29. The Hall–Kier alpha value is -3.42. The van der Waals surface area contributed by atoms with Crippen molar-refractivity contribution >= 4 is 17.5 Å². The van der Waals surface area contributed by atoms with E-state index in [1.54, 1.807) is 54.4 Å². The second-order valence-corrected chi connectivity index (χ2v) is 4.92. The zero-order valence-electron chi connectivity index (χ0n) is 13.2. The van der Waals surface area contributed by atoms with Crippen LogP contribution in [0, 0.1) is 6.92 Å². The van der Waals surface area contributed by atoms with Crippen LogP contribution in [-0.4, -0.2) is 32.7 Å². The number of urea groups is 1. The summed E-state index contributed by atoms with van der Waals surface area (Å²) in [5, 5.41) is 5.40. The highest BCUT2D eigenvalue weighted by atomic mass is 16.5. The summed E-state index contributed by atoms with van der Waals surface area (Å²) in [6.45, 7) is 1.87. The van der Waals surface area contributed by atoms with Crippen molar-refractivity contribution in [2.45, 2.75) is 6.92 Å². The number of hydrogen-bond donors (Lipinski definition) is 2. The van der Waals surface area contributed by atoms with Gasteiger partial charge in [-0.3, -0.25) is 9.88 Å². The Bertz CT molecular complexity index is 861. The number of nitrogens with one attached hydrogen (secondary N) is 2. The van der Waals surface area contributed by atoms with Gasteiger partial charge in [0.05, 0.1) is 7.11 Å². The Morgan fingerprint density at radius 1 is 1.17 bits per heavy atom. The predicted molar refractivity (Wildman–Crippen MR) is 89.5 cm³/mol. The van der Waals surface area contributed by atoms with Crippen molar-refractivity contribution in [2.24, 2.45) is 0 Å². The number of amides is 2. The maximum atomic E-state index is 12.1. The van der Waals surface area contributed by atoms with Gasteiger partial charge in [0, 0.05) is 30.2 Å². The molecule has 24 heavy (non-hydrogen) atoms. The van der Waals surface area contributed by atoms with E-state index in [1.807, 2.05) is 6.92 Å². The van der Waals surface area contributed by atoms with Crippen molar-refractivity contribution in [1.82, 2.24) is 19.5 Å². The molecule has 2 aromatic heterocycles. The molecule has 3 aromatic rings. The normalized spacial score (nSPS) is 10.2. The zero-order valence-corrected chi connectivity index (χ0v) is 13.2. The summed E-state index contributed by atoms with van der Waals surface area (Å²) in [5.74, 6) is 2.46. The number of imidazole rings is 1. The molecule has 0 aliphatic heterocycles. The number of carbonyl (C=O) groups excluding carboxylic acids is 1. The van der Waals surface area contributed by atoms with E-state index in [2.05, 4.69) is 25.6 Å². The highest BCUT2D eigenvalue weighted by Gasteiger charge is 2.07. The molecule has 0 fully saturated rings. The number of methoxy groups -OCH3 is 1. The Balaban J connectivity index is 1.71. The SMILES string of the molecule is COc1cccc(NC(=O)Nc2cc(-n3ccnc3C)ncn2)c1. The van der Waals surface area contributed by atoms with E-state index in [4.69, 9.17) is 4.74 Å². The minimum absolute atomic E-state index is 0.383. The van der Waals surface area contributed by atoms with Crippen molar-refractivity contribution in [2.75, 3.05) is 17.7 Å². The number of aromatic nitrogens is 4. The molecular formula is C16H16N6O2. The molecule has 0 radical (unpaired) electrons. The first-order chi connectivity index (χ1) is 11.7. The van der Waals surface area contributed by atoms with Gasteiger partial charge in [0.15, 0.2) is 0 Å². The summed E-state index contributed by atoms with van der Waals surface area (Å²) < 4.78 is 6.92. The van der Waals surface area contributed by atoms with Crippen molar-refractivity contribution in [3.8, 4) is 11.6 Å². The van der Waals surface area contributed by atoms with Crippen molar-refractivity contribution in [3.63, 3.8) is 0 Å². The number of aryl methyl sites for hydroxylation is 1. The monoisotopic (exact) mass is 324 g/mol. The highest BCUT2D eigenvalue weighted by molar-refractivity contribution is 5.99. The van der Waals surface area contributed by atoms with E-state index in [9.17, 15) is 4.79 Å². The lowest BCUT2D eigenvalue weighted by atomic mass is 10.3. The van der Waals surface area contributed by atoms with E-state index < -0.39 is 6.03 Å². The Labute approximate surface area is 138 Å². The first kappa shape index (κ1) is 15.5. The second-order valence-electron chi connectivity index (χ2n) is 4.92. The molecule has 8 heteroatoms. The van der Waals surface area contributed by atoms with E-state index in [0.29, 0.717) is 23.1 Å². The van der Waals surface area contributed by atoms with Gasteiger partial charge in [-0.25, -0.2) is 19.7 Å². The highest BCUT2D eigenvalue weighted by Crippen LogP contribution is 2.17. The van der Waals surface area contributed by atoms with E-state index in [-0.39, 0.29) is 0 Å². The smallest absolute Gasteiger partial charge is 0.324 e. The standard InChI is InChI=1S/C16H16N6O2/c1-11-17-6-7-22(11)15-9-14(18-10-19-15)21-16(23)20-12-4-3-5-13(8-12)24-2/h3-10H,1-2H3,(H2,18,19,20,21,23). The summed E-state index contributed by atoms with van der Waals surface area (Å²) in [4.78, 5) is 24.5. The third kappa shape index (κ3) is 3.49. The summed E-state index contributed by atoms with van der Waals surface area (Å²) in [6, 6.07) is 8.34. The molecule has 0 aliphatic carbocycles. The van der Waals surface area contributed by atoms with Crippen LogP contribution < -0.4 is 15.4 Å². The molecule has 0 saturated carbocycles. The summed E-state index contributed by atoms with van der Waals surface area (Å²) in [7, 11) is 1.57. The lowest BCUT2D eigenvalue weighted by Gasteiger charge is -2.09. The van der Waals surface area contributed by atoms with E-state index >= 15 is 0 Å². The topological polar surface area (TPSA) is 94.0 Å². The second kappa shape index (κ2) is 6.78. The summed E-state index contributed by atoms with van der Waals surface area (Å²) in [6.07, 6.45) is 4.85. The van der Waals surface area contributed by atoms with Crippen molar-refractivity contribution in [3.05, 3.63) is 54.9 Å². The molecule has 0 spiro atoms. The van der Waals surface area contributed by atoms with Gasteiger partial charge in [0.25, 0.3) is 0 Å². The molecular weight excluding hydrogens is 308 g/mol. The lowest BCUT2D eigenvalue weighted by molar-refractivity contribution is 0.262. The molecule has 0 atom stereocenters. The number of ether oxygens (including phenoxy) is 1. The Morgan fingerprint density at radius 3 is 2.79 bits per heavy atom. The molecule has 0 saturated heterocycles. The molecule has 122 valence electrons. The van der Waals surface area contributed by atoms with Crippen LogP contribution in [0.25, 0.3) is 5.82 Å². The van der Waals surface area contributed by atoms with Gasteiger partial charge in [0.2, 0.25) is 0 Å². The van der Waals surface area contributed by atoms with Crippen LogP contribution in [0.3, 0.4) is 0 Å². The van der Waals surface area contributed by atoms with Crippen LogP contribution in [0.5, 0.6) is 5.75 Å². The fraction of sp³-hybridized carbons (Fsp3) is 0.125. The van der Waals surface area contributed by atoms with Gasteiger partial charge in [-0.05, 0) is 19.1 Å². The maximum absolute atomic E-state index is 12.1. The molecule has 2 N–H and O–H groups in total. The van der Waals surface area contributed by atoms with Crippen LogP contribution >= 0.6 is 0 Å². The fourth-order valence-electron chi connectivity index (χ4n) is 2.15. The molecule has 2 amide bonds. The number of anilines is 2. The molecule has 0 aliphatic rings. The number of carbonyl (C=O) groups is 1. The average Bonchev–Trinajstić information content (AvgIpc) is 3.01. The van der Waals surface area contributed by atoms with E-state index in [1.165, 1.54) is 6.33 Å². The van der Waals surface area contributed by atoms with E-state index in [0.717, 1.165) is 5.82 Å². The van der Waals surface area contributed by atoms with Crippen LogP contribution in [0.1, 0.15) is 5.82 Å². The average molecular weight is 324 g/mol. The Kier molecular flexibility index (Phi) is 4.37. The molecule has 0 bridgehead atoms. The third-order valence-corrected chi connectivity index (χ3v) is 3.29. The van der Waals surface area contributed by atoms with Crippen LogP contribution in [0.15, 0.2) is 49.1 Å². The number of nitrogens with zero attached hydrogens (tertiary/aromatic N) is 4. The summed E-state index contributed by atoms with van der Waals surface area (Å²) >= 11 is 0. The zero-order chi connectivity index (χ0) is 16.9. The predicted octanol–water partition coefficient (Wildman–Crippen LogP) is 2.62. The minimum atomic E-state index is -0.407. The van der Waals surface area contributed by atoms with Gasteiger partial charge >= 0.3 is 6.03 Å². The largest absolute Gasteiger partial charge is 0.497 e. The van der Waals surface area contributed by atoms with Crippen LogP contribution in [-0.2, 0) is 0 Å². The van der Waals surface area contributed by atoms with Gasteiger partial charge in [-0.15, -0.1) is 0 Å². The maximum Gasteiger partial charge on any atom is 0.324 e. The number of rotatable bonds is 4. The lowest BCUT2D eigenvalue weighted by Crippen LogP contribution is -2.20. The Morgan fingerprint density at radius 2 is 2.04 bits per heavy atom. The quantitative estimate of drug-likeness (QED) is 0.769. The van der Waals surface area contributed by atoms with Gasteiger partial charge < -0.3 is 10.1 Å². The fourth-order valence-corrected chi connectivity index (χ4v) is 2.15. The van der Waals surface area contributed by atoms with Crippen LogP contribution in [0.4, 0.5) is 16.3 Å². The molecule has 1 aromatic carbocycles. The molecule has 2 heterocycles. The van der Waals surface area contributed by atoms with Crippen molar-refractivity contribution < 1.29 is 9.53 Å². The molecule has 8 nitrogen and oxygen atoms in total. The number of benzene rings is 1. The summed E-state index contributed by atoms with van der Waals surface area (Å²) in [5.41, 5.74) is 0.617. The first-order valence-electron chi connectivity index (χ1n) is 7.20. The van der Waals surface area contributed by atoms with Crippen LogP contribution in [0.2, 0.25) is 0 Å². The minimum Gasteiger partial charge on any atom is -0.497 e. The van der Waals surface area contributed by atoms with Gasteiger partial charge in [-0.1, -0.05) is 6.07 Å². The van der Waals surface area contributed by atoms with Gasteiger partial charge in [-0.2, -0.15) is 0 Å². The van der Waals surface area contributed by atoms with Gasteiger partial charge in [0.1, 0.15) is 29.5 Å².